The maximum Gasteiger partial charge on any atom is 0.306 e. The molecular weight excluding hydrogens is 777 g/mol. The summed E-state index contributed by atoms with van der Waals surface area (Å²) in [6.07, 6.45) is 62.6. The van der Waals surface area contributed by atoms with Crippen molar-refractivity contribution in [2.75, 3.05) is 13.1 Å². The van der Waals surface area contributed by atoms with Crippen LogP contribution in [-0.2, 0) is 19.1 Å². The lowest BCUT2D eigenvalue weighted by Crippen LogP contribution is -2.42. The van der Waals surface area contributed by atoms with Crippen LogP contribution in [0, 0.1) is 0 Å². The van der Waals surface area contributed by atoms with Crippen molar-refractivity contribution in [2.24, 2.45) is 0 Å². The van der Waals surface area contributed by atoms with Crippen LogP contribution in [0.25, 0.3) is 0 Å². The number of nitrogens with one attached hydrogen (secondary N) is 2. The molecule has 0 unspecified atom stereocenters. The van der Waals surface area contributed by atoms with Gasteiger partial charge in [0.2, 0.25) is 11.8 Å². The molecule has 63 heavy (non-hydrogen) atoms. The molecule has 2 N–H and O–H groups in total. The van der Waals surface area contributed by atoms with Crippen molar-refractivity contribution >= 4 is 17.8 Å². The van der Waals surface area contributed by atoms with E-state index in [1.165, 1.54) is 173 Å². The maximum atomic E-state index is 12.9. The first-order valence-electron chi connectivity index (χ1n) is 27.7. The van der Waals surface area contributed by atoms with Gasteiger partial charge in [0.25, 0.3) is 0 Å². The number of allylic oxidation sites excluding steroid dienone is 6. The molecule has 0 bridgehead atoms. The molecule has 0 spiro atoms. The molecule has 2 amide bonds. The summed E-state index contributed by atoms with van der Waals surface area (Å²) in [5.41, 5.74) is 0. The van der Waals surface area contributed by atoms with E-state index in [2.05, 4.69) is 67.9 Å². The van der Waals surface area contributed by atoms with E-state index in [9.17, 15) is 14.4 Å². The fourth-order valence-electron chi connectivity index (χ4n) is 8.09. The van der Waals surface area contributed by atoms with Crippen LogP contribution in [0.3, 0.4) is 0 Å². The molecule has 0 saturated carbocycles. The molecule has 0 aromatic heterocycles. The highest BCUT2D eigenvalue weighted by atomic mass is 16.5. The first-order chi connectivity index (χ1) is 31.0. The predicted octanol–water partition coefficient (Wildman–Crippen LogP) is 17.2. The number of carbonyl (C=O) groups excluding carboxylic acids is 3. The van der Waals surface area contributed by atoms with Crippen LogP contribution in [0.1, 0.15) is 290 Å². The fraction of sp³-hybridized carbons (Fsp3) is 0.842. The van der Waals surface area contributed by atoms with E-state index in [1.807, 2.05) is 0 Å². The first-order valence-corrected chi connectivity index (χ1v) is 27.7. The molecule has 0 aliphatic rings. The number of amides is 2. The maximum absolute atomic E-state index is 12.9. The second-order valence-electron chi connectivity index (χ2n) is 18.7. The van der Waals surface area contributed by atoms with Gasteiger partial charge in [-0.25, -0.2) is 0 Å². The number of rotatable bonds is 50. The predicted molar refractivity (Wildman–Crippen MR) is 274 cm³/mol. The molecule has 0 aliphatic carbocycles. The minimum absolute atomic E-state index is 0.00875. The van der Waals surface area contributed by atoms with Crippen LogP contribution < -0.4 is 10.6 Å². The van der Waals surface area contributed by atoms with E-state index in [1.54, 1.807) is 0 Å². The highest BCUT2D eigenvalue weighted by Gasteiger charge is 2.17. The fourth-order valence-corrected chi connectivity index (χ4v) is 8.09. The van der Waals surface area contributed by atoms with E-state index < -0.39 is 6.10 Å². The molecule has 0 aromatic rings. The van der Waals surface area contributed by atoms with Crippen LogP contribution in [0.4, 0.5) is 0 Å². The van der Waals surface area contributed by atoms with E-state index in [0.29, 0.717) is 19.3 Å². The molecule has 0 aliphatic heterocycles. The van der Waals surface area contributed by atoms with E-state index in [0.717, 1.165) is 77.0 Å². The number of esters is 1. The SMILES string of the molecule is CCCCCCCCC=CCCCCCCCC(=O)NCC(CNC(=O)CCCCCCCC=CCCCCCCCC)OC(=O)CCCCCCCC=CCCCCCCCC. The third-order valence-corrected chi connectivity index (χ3v) is 12.3. The first kappa shape index (κ1) is 60.6. The third kappa shape index (κ3) is 50.5. The summed E-state index contributed by atoms with van der Waals surface area (Å²) in [4.78, 5) is 38.4. The summed E-state index contributed by atoms with van der Waals surface area (Å²) in [6, 6.07) is 0. The van der Waals surface area contributed by atoms with Gasteiger partial charge in [-0.15, -0.1) is 0 Å². The van der Waals surface area contributed by atoms with Crippen molar-refractivity contribution in [1.82, 2.24) is 10.6 Å². The third-order valence-electron chi connectivity index (χ3n) is 12.3. The van der Waals surface area contributed by atoms with Crippen LogP contribution in [0.5, 0.6) is 0 Å². The van der Waals surface area contributed by atoms with Crippen molar-refractivity contribution in [1.29, 1.82) is 0 Å². The Hall–Kier alpha value is -2.37. The molecule has 0 radical (unpaired) electrons. The molecule has 368 valence electrons. The summed E-state index contributed by atoms with van der Waals surface area (Å²) >= 11 is 0. The lowest BCUT2D eigenvalue weighted by atomic mass is 10.1. The largest absolute Gasteiger partial charge is 0.459 e. The number of hydrogen-bond acceptors (Lipinski definition) is 4. The number of hydrogen-bond donors (Lipinski definition) is 2. The van der Waals surface area contributed by atoms with Gasteiger partial charge in [0.15, 0.2) is 0 Å². The number of ether oxygens (including phenoxy) is 1. The molecule has 0 fully saturated rings. The molecule has 0 atom stereocenters. The van der Waals surface area contributed by atoms with Gasteiger partial charge in [-0.05, 0) is 96.3 Å². The average molecular weight is 883 g/mol. The lowest BCUT2D eigenvalue weighted by molar-refractivity contribution is -0.150. The summed E-state index contributed by atoms with van der Waals surface area (Å²) < 4.78 is 5.84. The standard InChI is InChI=1S/C57H106N2O4/c1-4-7-10-13-16-19-22-25-28-31-34-37-40-43-46-49-55(60)58-52-54(63-57(62)51-48-45-42-39-36-33-30-27-24-21-18-15-12-9-6-3)53-59-56(61)50-47-44-41-38-35-32-29-26-23-20-17-14-11-8-5-2/h25-30,54H,4-24,31-53H2,1-3H3,(H,58,60)(H,59,61). The van der Waals surface area contributed by atoms with Crippen LogP contribution in [0.15, 0.2) is 36.5 Å². The van der Waals surface area contributed by atoms with Gasteiger partial charge < -0.3 is 15.4 Å². The molecule has 6 nitrogen and oxygen atoms in total. The second-order valence-corrected chi connectivity index (χ2v) is 18.7. The Bertz CT molecular complexity index is 1010. The topological polar surface area (TPSA) is 84.5 Å². The molecule has 6 heteroatoms. The monoisotopic (exact) mass is 883 g/mol. The van der Waals surface area contributed by atoms with E-state index in [-0.39, 0.29) is 30.9 Å². The Labute approximate surface area is 392 Å². The van der Waals surface area contributed by atoms with Gasteiger partial charge in [0.1, 0.15) is 6.10 Å². The van der Waals surface area contributed by atoms with Crippen molar-refractivity contribution in [3.63, 3.8) is 0 Å². The average Bonchev–Trinajstić information content (AvgIpc) is 3.28. The molecule has 0 rings (SSSR count). The van der Waals surface area contributed by atoms with Gasteiger partial charge in [0, 0.05) is 19.3 Å². The Balaban J connectivity index is 4.39. The van der Waals surface area contributed by atoms with Crippen molar-refractivity contribution in [2.45, 2.75) is 297 Å². The van der Waals surface area contributed by atoms with Crippen LogP contribution >= 0.6 is 0 Å². The molecule has 0 heterocycles. The Morgan fingerprint density at radius 3 is 0.857 bits per heavy atom. The normalized spacial score (nSPS) is 12.2. The number of unbranched alkanes of at least 4 members (excludes halogenated alkanes) is 33. The molecule has 0 aromatic carbocycles. The van der Waals surface area contributed by atoms with Crippen LogP contribution in [0.2, 0.25) is 0 Å². The highest BCUT2D eigenvalue weighted by Crippen LogP contribution is 2.14. The summed E-state index contributed by atoms with van der Waals surface area (Å²) in [7, 11) is 0. The van der Waals surface area contributed by atoms with Crippen LogP contribution in [-0.4, -0.2) is 37.0 Å². The highest BCUT2D eigenvalue weighted by molar-refractivity contribution is 5.76. The zero-order chi connectivity index (χ0) is 45.8. The second kappa shape index (κ2) is 52.3. The quantitative estimate of drug-likeness (QED) is 0.0362. The molecular formula is C57H106N2O4. The summed E-state index contributed by atoms with van der Waals surface area (Å²) in [5, 5.41) is 5.99. The van der Waals surface area contributed by atoms with Gasteiger partial charge in [-0.1, -0.05) is 211 Å². The smallest absolute Gasteiger partial charge is 0.306 e. The lowest BCUT2D eigenvalue weighted by Gasteiger charge is -2.19. The summed E-state index contributed by atoms with van der Waals surface area (Å²) in [5.74, 6) is -0.258. The van der Waals surface area contributed by atoms with Gasteiger partial charge in [-0.3, -0.25) is 14.4 Å². The van der Waals surface area contributed by atoms with Crippen molar-refractivity contribution in [3.8, 4) is 0 Å². The van der Waals surface area contributed by atoms with Gasteiger partial charge in [-0.2, -0.15) is 0 Å². The number of carbonyl (C=O) groups is 3. The van der Waals surface area contributed by atoms with Crippen molar-refractivity contribution in [3.05, 3.63) is 36.5 Å². The molecule has 0 saturated heterocycles. The Morgan fingerprint density at radius 2 is 0.571 bits per heavy atom. The van der Waals surface area contributed by atoms with E-state index >= 15 is 0 Å². The summed E-state index contributed by atoms with van der Waals surface area (Å²) in [6.45, 7) is 7.27. The Kier molecular flexibility index (Phi) is 50.3. The zero-order valence-corrected chi connectivity index (χ0v) is 42.3. The van der Waals surface area contributed by atoms with E-state index in [4.69, 9.17) is 4.74 Å². The van der Waals surface area contributed by atoms with Gasteiger partial charge in [0.05, 0.1) is 13.1 Å². The zero-order valence-electron chi connectivity index (χ0n) is 42.3. The Morgan fingerprint density at radius 1 is 0.333 bits per heavy atom. The minimum Gasteiger partial charge on any atom is -0.459 e. The minimum atomic E-state index is -0.559. The van der Waals surface area contributed by atoms with Crippen molar-refractivity contribution < 1.29 is 19.1 Å². The van der Waals surface area contributed by atoms with Gasteiger partial charge >= 0.3 is 5.97 Å².